The molecule has 0 aliphatic heterocycles. The first-order valence-electron chi connectivity index (χ1n) is 7.16. The van der Waals surface area contributed by atoms with Gasteiger partial charge in [-0.2, -0.15) is 5.26 Å². The van der Waals surface area contributed by atoms with Crippen LogP contribution in [0.2, 0.25) is 0 Å². The molecular formula is C17H18N4O. The third-order valence-corrected chi connectivity index (χ3v) is 3.29. The summed E-state index contributed by atoms with van der Waals surface area (Å²) in [5.41, 5.74) is 2.42. The Balaban J connectivity index is 2.01. The Morgan fingerprint density at radius 3 is 2.45 bits per heavy atom. The molecule has 1 heterocycles. The van der Waals surface area contributed by atoms with Gasteiger partial charge in [0.05, 0.1) is 23.5 Å². The van der Waals surface area contributed by atoms with Gasteiger partial charge in [-0.25, -0.2) is 4.98 Å². The van der Waals surface area contributed by atoms with Crippen molar-refractivity contribution in [3.05, 3.63) is 53.9 Å². The van der Waals surface area contributed by atoms with Crippen molar-refractivity contribution in [2.24, 2.45) is 0 Å². The van der Waals surface area contributed by atoms with Crippen LogP contribution in [0.1, 0.15) is 36.3 Å². The molecule has 112 valence electrons. The fourth-order valence-electron chi connectivity index (χ4n) is 1.82. The number of pyridine rings is 1. The SMILES string of the molecule is CCC(C)Nc1ccc(C(=O)Nc2ccc(C#N)cc2)nc1. The summed E-state index contributed by atoms with van der Waals surface area (Å²) in [5, 5.41) is 14.8. The van der Waals surface area contributed by atoms with E-state index in [4.69, 9.17) is 5.26 Å². The normalized spacial score (nSPS) is 11.3. The summed E-state index contributed by atoms with van der Waals surface area (Å²) < 4.78 is 0. The zero-order valence-corrected chi connectivity index (χ0v) is 12.6. The van der Waals surface area contributed by atoms with E-state index < -0.39 is 0 Å². The Morgan fingerprint density at radius 2 is 1.91 bits per heavy atom. The van der Waals surface area contributed by atoms with Gasteiger partial charge in [-0.3, -0.25) is 4.79 Å². The number of nitrogens with zero attached hydrogens (tertiary/aromatic N) is 2. The quantitative estimate of drug-likeness (QED) is 0.885. The number of carbonyl (C=O) groups is 1. The van der Waals surface area contributed by atoms with Crippen LogP contribution >= 0.6 is 0 Å². The number of hydrogen-bond acceptors (Lipinski definition) is 4. The molecule has 1 atom stereocenters. The maximum Gasteiger partial charge on any atom is 0.274 e. The van der Waals surface area contributed by atoms with E-state index in [1.807, 2.05) is 12.1 Å². The van der Waals surface area contributed by atoms with Gasteiger partial charge in [0.15, 0.2) is 0 Å². The van der Waals surface area contributed by atoms with Crippen LogP contribution < -0.4 is 10.6 Å². The van der Waals surface area contributed by atoms with Crippen LogP contribution in [0.25, 0.3) is 0 Å². The summed E-state index contributed by atoms with van der Waals surface area (Å²) in [6, 6.07) is 12.6. The van der Waals surface area contributed by atoms with Crippen LogP contribution in [0.15, 0.2) is 42.6 Å². The van der Waals surface area contributed by atoms with Crippen molar-refractivity contribution in [2.45, 2.75) is 26.3 Å². The fraction of sp³-hybridized carbons (Fsp3) is 0.235. The average Bonchev–Trinajstić information content (AvgIpc) is 2.56. The summed E-state index contributed by atoms with van der Waals surface area (Å²) in [7, 11) is 0. The Labute approximate surface area is 130 Å². The van der Waals surface area contributed by atoms with Crippen molar-refractivity contribution in [2.75, 3.05) is 10.6 Å². The molecule has 0 aliphatic rings. The Hall–Kier alpha value is -2.87. The van der Waals surface area contributed by atoms with Gasteiger partial charge in [0.25, 0.3) is 5.91 Å². The molecule has 22 heavy (non-hydrogen) atoms. The lowest BCUT2D eigenvalue weighted by atomic mass is 10.2. The molecule has 2 N–H and O–H groups in total. The zero-order chi connectivity index (χ0) is 15.9. The molecule has 0 saturated heterocycles. The van der Waals surface area contributed by atoms with Crippen LogP contribution in [0.3, 0.4) is 0 Å². The van der Waals surface area contributed by atoms with Gasteiger partial charge < -0.3 is 10.6 Å². The molecule has 2 rings (SSSR count). The predicted octanol–water partition coefficient (Wildman–Crippen LogP) is 3.42. The number of anilines is 2. The number of hydrogen-bond donors (Lipinski definition) is 2. The lowest BCUT2D eigenvalue weighted by Gasteiger charge is -2.12. The second-order valence-electron chi connectivity index (χ2n) is 5.03. The molecule has 5 heteroatoms. The summed E-state index contributed by atoms with van der Waals surface area (Å²) in [6.07, 6.45) is 2.67. The molecule has 1 aromatic carbocycles. The smallest absolute Gasteiger partial charge is 0.274 e. The molecule has 0 aliphatic carbocycles. The van der Waals surface area contributed by atoms with E-state index in [9.17, 15) is 4.79 Å². The Morgan fingerprint density at radius 1 is 1.23 bits per heavy atom. The lowest BCUT2D eigenvalue weighted by molar-refractivity contribution is 0.102. The second kappa shape index (κ2) is 7.23. The van der Waals surface area contributed by atoms with Crippen molar-refractivity contribution in [1.29, 1.82) is 5.26 Å². The molecule has 0 spiro atoms. The van der Waals surface area contributed by atoms with E-state index in [0.29, 0.717) is 23.0 Å². The van der Waals surface area contributed by atoms with Crippen molar-refractivity contribution in [3.63, 3.8) is 0 Å². The summed E-state index contributed by atoms with van der Waals surface area (Å²) in [5.74, 6) is -0.278. The van der Waals surface area contributed by atoms with E-state index in [1.54, 1.807) is 36.5 Å². The third-order valence-electron chi connectivity index (χ3n) is 3.29. The molecule has 1 unspecified atom stereocenters. The first-order valence-corrected chi connectivity index (χ1v) is 7.16. The van der Waals surface area contributed by atoms with Crippen LogP contribution in [-0.4, -0.2) is 16.9 Å². The molecular weight excluding hydrogens is 276 g/mol. The Bertz CT molecular complexity index is 671. The van der Waals surface area contributed by atoms with Crippen LogP contribution in [0.4, 0.5) is 11.4 Å². The highest BCUT2D eigenvalue weighted by Crippen LogP contribution is 2.12. The minimum Gasteiger partial charge on any atom is -0.381 e. The lowest BCUT2D eigenvalue weighted by Crippen LogP contribution is -2.16. The van der Waals surface area contributed by atoms with Crippen LogP contribution in [-0.2, 0) is 0 Å². The molecule has 1 aromatic heterocycles. The van der Waals surface area contributed by atoms with E-state index in [0.717, 1.165) is 12.1 Å². The topological polar surface area (TPSA) is 77.8 Å². The van der Waals surface area contributed by atoms with Gasteiger partial charge in [-0.05, 0) is 49.7 Å². The average molecular weight is 294 g/mol. The van der Waals surface area contributed by atoms with E-state index in [2.05, 4.69) is 29.5 Å². The summed E-state index contributed by atoms with van der Waals surface area (Å²) in [4.78, 5) is 16.3. The maximum absolute atomic E-state index is 12.1. The highest BCUT2D eigenvalue weighted by Gasteiger charge is 2.08. The number of amides is 1. The second-order valence-corrected chi connectivity index (χ2v) is 5.03. The van der Waals surface area contributed by atoms with Crippen molar-refractivity contribution >= 4 is 17.3 Å². The van der Waals surface area contributed by atoms with E-state index >= 15 is 0 Å². The standard InChI is InChI=1S/C17H18N4O/c1-3-12(2)20-15-8-9-16(19-11-15)17(22)21-14-6-4-13(10-18)5-7-14/h4-9,11-12,20H,3H2,1-2H3,(H,21,22). The van der Waals surface area contributed by atoms with Crippen LogP contribution in [0.5, 0.6) is 0 Å². The number of benzene rings is 1. The first kappa shape index (κ1) is 15.5. The highest BCUT2D eigenvalue weighted by atomic mass is 16.1. The number of nitrogens with one attached hydrogen (secondary N) is 2. The van der Waals surface area contributed by atoms with Gasteiger partial charge in [0.1, 0.15) is 5.69 Å². The van der Waals surface area contributed by atoms with Crippen molar-refractivity contribution in [3.8, 4) is 6.07 Å². The van der Waals surface area contributed by atoms with Crippen molar-refractivity contribution < 1.29 is 4.79 Å². The predicted molar refractivity (Wildman–Crippen MR) is 86.7 cm³/mol. The summed E-state index contributed by atoms with van der Waals surface area (Å²) >= 11 is 0. The zero-order valence-electron chi connectivity index (χ0n) is 12.6. The van der Waals surface area contributed by atoms with Crippen molar-refractivity contribution in [1.82, 2.24) is 4.98 Å². The monoisotopic (exact) mass is 294 g/mol. The number of nitriles is 1. The Kier molecular flexibility index (Phi) is 5.10. The molecule has 0 radical (unpaired) electrons. The third kappa shape index (κ3) is 4.06. The highest BCUT2D eigenvalue weighted by molar-refractivity contribution is 6.02. The fourth-order valence-corrected chi connectivity index (χ4v) is 1.82. The number of carbonyl (C=O) groups excluding carboxylic acids is 1. The van der Waals surface area contributed by atoms with E-state index in [1.165, 1.54) is 0 Å². The summed E-state index contributed by atoms with van der Waals surface area (Å²) in [6.45, 7) is 4.19. The van der Waals surface area contributed by atoms with Gasteiger partial charge >= 0.3 is 0 Å². The molecule has 2 aromatic rings. The largest absolute Gasteiger partial charge is 0.381 e. The van der Waals surface area contributed by atoms with Gasteiger partial charge in [0.2, 0.25) is 0 Å². The number of rotatable bonds is 5. The molecule has 0 saturated carbocycles. The minimum absolute atomic E-state index is 0.278. The van der Waals surface area contributed by atoms with Gasteiger partial charge in [0, 0.05) is 11.7 Å². The first-order chi connectivity index (χ1) is 10.6. The minimum atomic E-state index is -0.278. The molecule has 1 amide bonds. The van der Waals surface area contributed by atoms with Crippen LogP contribution in [0, 0.1) is 11.3 Å². The molecule has 5 nitrogen and oxygen atoms in total. The molecule has 0 fully saturated rings. The van der Waals surface area contributed by atoms with Gasteiger partial charge in [-0.1, -0.05) is 6.92 Å². The van der Waals surface area contributed by atoms with Gasteiger partial charge in [-0.15, -0.1) is 0 Å². The number of aromatic nitrogens is 1. The van der Waals surface area contributed by atoms with E-state index in [-0.39, 0.29) is 5.91 Å². The molecule has 0 bridgehead atoms. The maximum atomic E-state index is 12.1.